The topological polar surface area (TPSA) is 23.5 Å². The van der Waals surface area contributed by atoms with Crippen molar-refractivity contribution in [3.8, 4) is 0 Å². The average Bonchev–Trinajstić information content (AvgIpc) is 2.35. The number of likely N-dealkylation sites (N-methyl/N-ethyl adjacent to an activating group) is 1. The van der Waals surface area contributed by atoms with Crippen LogP contribution in [0.3, 0.4) is 0 Å². The monoisotopic (exact) mass is 143 g/mol. The van der Waals surface area contributed by atoms with Crippen LogP contribution < -0.4 is 0 Å². The zero-order valence-corrected chi connectivity index (χ0v) is 7.09. The van der Waals surface area contributed by atoms with Gasteiger partial charge in [0.25, 0.3) is 0 Å². The summed E-state index contributed by atoms with van der Waals surface area (Å²) in [4.78, 5) is 2.24. The largest absolute Gasteiger partial charge is 0.389 e. The molecule has 10 heavy (non-hydrogen) atoms. The number of aliphatic hydroxyl groups is 1. The Hall–Kier alpha value is -0.0800. The maximum atomic E-state index is 9.42. The maximum absolute atomic E-state index is 9.42. The molecular formula is C8H17NO. The molecule has 1 saturated carbocycles. The fourth-order valence-electron chi connectivity index (χ4n) is 1.25. The summed E-state index contributed by atoms with van der Waals surface area (Å²) in [5, 5.41) is 9.42. The molecule has 0 amide bonds. The highest BCUT2D eigenvalue weighted by Gasteiger charge is 2.29. The summed E-state index contributed by atoms with van der Waals surface area (Å²) in [5.41, 5.74) is -0.530. The highest BCUT2D eigenvalue weighted by molar-refractivity contribution is 4.85. The van der Waals surface area contributed by atoms with Gasteiger partial charge in [-0.2, -0.15) is 0 Å². The SMILES string of the molecule is CN(CC(C)(C)O)C1CC1. The third-order valence-corrected chi connectivity index (χ3v) is 1.81. The van der Waals surface area contributed by atoms with E-state index in [1.807, 2.05) is 13.8 Å². The first-order chi connectivity index (χ1) is 4.49. The molecule has 0 bridgehead atoms. The molecule has 1 rings (SSSR count). The van der Waals surface area contributed by atoms with Crippen LogP contribution in [0.1, 0.15) is 26.7 Å². The lowest BCUT2D eigenvalue weighted by Crippen LogP contribution is -2.37. The normalized spacial score (nSPS) is 20.1. The van der Waals surface area contributed by atoms with Gasteiger partial charge in [0.15, 0.2) is 0 Å². The Morgan fingerprint density at radius 1 is 1.50 bits per heavy atom. The quantitative estimate of drug-likeness (QED) is 0.633. The van der Waals surface area contributed by atoms with Gasteiger partial charge in [0, 0.05) is 12.6 Å². The zero-order valence-electron chi connectivity index (χ0n) is 7.09. The number of hydrogen-bond donors (Lipinski definition) is 1. The average molecular weight is 143 g/mol. The number of rotatable bonds is 3. The summed E-state index contributed by atoms with van der Waals surface area (Å²) in [5.74, 6) is 0. The fourth-order valence-corrected chi connectivity index (χ4v) is 1.25. The molecule has 2 nitrogen and oxygen atoms in total. The Kier molecular flexibility index (Phi) is 2.02. The highest BCUT2D eigenvalue weighted by atomic mass is 16.3. The predicted octanol–water partition coefficient (Wildman–Crippen LogP) is 0.851. The van der Waals surface area contributed by atoms with Crippen LogP contribution in [0.25, 0.3) is 0 Å². The summed E-state index contributed by atoms with van der Waals surface area (Å²) < 4.78 is 0. The van der Waals surface area contributed by atoms with Gasteiger partial charge in [-0.1, -0.05) is 0 Å². The zero-order chi connectivity index (χ0) is 7.78. The van der Waals surface area contributed by atoms with E-state index < -0.39 is 5.60 Å². The first kappa shape index (κ1) is 8.02. The molecule has 1 fully saturated rings. The van der Waals surface area contributed by atoms with E-state index in [9.17, 15) is 5.11 Å². The Labute approximate surface area is 62.8 Å². The van der Waals surface area contributed by atoms with Crippen molar-refractivity contribution in [2.24, 2.45) is 0 Å². The Morgan fingerprint density at radius 3 is 2.30 bits per heavy atom. The minimum Gasteiger partial charge on any atom is -0.389 e. The van der Waals surface area contributed by atoms with Crippen molar-refractivity contribution in [3.05, 3.63) is 0 Å². The van der Waals surface area contributed by atoms with Crippen LogP contribution in [0.5, 0.6) is 0 Å². The van der Waals surface area contributed by atoms with Gasteiger partial charge in [0.2, 0.25) is 0 Å². The van der Waals surface area contributed by atoms with Crippen LogP contribution in [0.15, 0.2) is 0 Å². The van der Waals surface area contributed by atoms with Crippen molar-refractivity contribution in [2.45, 2.75) is 38.3 Å². The molecule has 0 aromatic carbocycles. The van der Waals surface area contributed by atoms with E-state index in [0.29, 0.717) is 0 Å². The van der Waals surface area contributed by atoms with E-state index in [-0.39, 0.29) is 0 Å². The second-order valence-corrected chi connectivity index (χ2v) is 3.96. The van der Waals surface area contributed by atoms with E-state index in [1.54, 1.807) is 0 Å². The molecule has 1 N–H and O–H groups in total. The van der Waals surface area contributed by atoms with E-state index in [0.717, 1.165) is 12.6 Å². The molecule has 0 radical (unpaired) electrons. The molecule has 0 aromatic heterocycles. The van der Waals surface area contributed by atoms with E-state index in [1.165, 1.54) is 12.8 Å². The summed E-state index contributed by atoms with van der Waals surface area (Å²) in [6.45, 7) is 4.50. The molecule has 1 aliphatic carbocycles. The molecule has 1 aliphatic rings. The van der Waals surface area contributed by atoms with Crippen LogP contribution in [0, 0.1) is 0 Å². The van der Waals surface area contributed by atoms with Gasteiger partial charge in [-0.15, -0.1) is 0 Å². The first-order valence-corrected chi connectivity index (χ1v) is 3.92. The lowest BCUT2D eigenvalue weighted by molar-refractivity contribution is 0.0423. The van der Waals surface area contributed by atoms with E-state index >= 15 is 0 Å². The van der Waals surface area contributed by atoms with Crippen LogP contribution in [0.2, 0.25) is 0 Å². The van der Waals surface area contributed by atoms with Crippen LogP contribution in [-0.4, -0.2) is 35.2 Å². The molecule has 0 spiro atoms. The van der Waals surface area contributed by atoms with Crippen molar-refractivity contribution in [1.29, 1.82) is 0 Å². The van der Waals surface area contributed by atoms with Crippen molar-refractivity contribution in [1.82, 2.24) is 4.90 Å². The molecule has 60 valence electrons. The van der Waals surface area contributed by atoms with Crippen molar-refractivity contribution >= 4 is 0 Å². The van der Waals surface area contributed by atoms with Gasteiger partial charge < -0.3 is 10.0 Å². The van der Waals surface area contributed by atoms with Gasteiger partial charge in [0.05, 0.1) is 5.60 Å². The smallest absolute Gasteiger partial charge is 0.0718 e. The highest BCUT2D eigenvalue weighted by Crippen LogP contribution is 2.26. The minimum absolute atomic E-state index is 0.530. The lowest BCUT2D eigenvalue weighted by atomic mass is 10.1. The standard InChI is InChI=1S/C8H17NO/c1-8(2,10)6-9(3)7-4-5-7/h7,10H,4-6H2,1-3H3. The third kappa shape index (κ3) is 2.67. The Bertz CT molecular complexity index is 113. The van der Waals surface area contributed by atoms with Crippen molar-refractivity contribution in [2.75, 3.05) is 13.6 Å². The molecule has 0 aromatic rings. The fraction of sp³-hybridized carbons (Fsp3) is 1.00. The molecule has 0 aliphatic heterocycles. The Balaban J connectivity index is 2.23. The summed E-state index contributed by atoms with van der Waals surface area (Å²) in [6, 6.07) is 0.756. The first-order valence-electron chi connectivity index (χ1n) is 3.92. The molecule has 2 heteroatoms. The van der Waals surface area contributed by atoms with Crippen molar-refractivity contribution < 1.29 is 5.11 Å². The van der Waals surface area contributed by atoms with Gasteiger partial charge in [-0.05, 0) is 33.7 Å². The number of hydrogen-bond acceptors (Lipinski definition) is 2. The molecule has 0 saturated heterocycles. The van der Waals surface area contributed by atoms with Gasteiger partial charge in [-0.25, -0.2) is 0 Å². The molecule has 0 unspecified atom stereocenters. The van der Waals surface area contributed by atoms with Gasteiger partial charge in [0.1, 0.15) is 0 Å². The molecule has 0 heterocycles. The van der Waals surface area contributed by atoms with Gasteiger partial charge in [-0.3, -0.25) is 0 Å². The van der Waals surface area contributed by atoms with Crippen LogP contribution in [0.4, 0.5) is 0 Å². The van der Waals surface area contributed by atoms with Crippen LogP contribution >= 0.6 is 0 Å². The predicted molar refractivity (Wildman–Crippen MR) is 41.9 cm³/mol. The summed E-state index contributed by atoms with van der Waals surface area (Å²) >= 11 is 0. The molecule has 0 atom stereocenters. The summed E-state index contributed by atoms with van der Waals surface area (Å²) in [7, 11) is 2.08. The molecular weight excluding hydrogens is 126 g/mol. The van der Waals surface area contributed by atoms with E-state index in [2.05, 4.69) is 11.9 Å². The van der Waals surface area contributed by atoms with Crippen molar-refractivity contribution in [3.63, 3.8) is 0 Å². The third-order valence-electron chi connectivity index (χ3n) is 1.81. The van der Waals surface area contributed by atoms with E-state index in [4.69, 9.17) is 0 Å². The lowest BCUT2D eigenvalue weighted by Gasteiger charge is -2.24. The number of nitrogens with zero attached hydrogens (tertiary/aromatic N) is 1. The summed E-state index contributed by atoms with van der Waals surface area (Å²) in [6.07, 6.45) is 2.62. The second-order valence-electron chi connectivity index (χ2n) is 3.96. The van der Waals surface area contributed by atoms with Crippen LogP contribution in [-0.2, 0) is 0 Å². The van der Waals surface area contributed by atoms with Gasteiger partial charge >= 0.3 is 0 Å². The maximum Gasteiger partial charge on any atom is 0.0718 e. The Morgan fingerprint density at radius 2 is 2.00 bits per heavy atom. The minimum atomic E-state index is -0.530. The second kappa shape index (κ2) is 2.51.